The fourth-order valence-corrected chi connectivity index (χ4v) is 2.83. The first-order valence-corrected chi connectivity index (χ1v) is 8.56. The predicted molar refractivity (Wildman–Crippen MR) is 92.1 cm³/mol. The molecule has 2 rings (SSSR count). The Balaban J connectivity index is 2.27. The van der Waals surface area contributed by atoms with Crippen molar-refractivity contribution in [2.75, 3.05) is 11.1 Å². The molecule has 0 aliphatic carbocycles. The number of esters is 2. The van der Waals surface area contributed by atoms with Crippen molar-refractivity contribution in [2.45, 2.75) is 37.9 Å². The molecule has 1 aromatic carbocycles. The monoisotopic (exact) mass is 366 g/mol. The highest BCUT2D eigenvalue weighted by Gasteiger charge is 2.39. The minimum atomic E-state index is -1.34. The summed E-state index contributed by atoms with van der Waals surface area (Å²) >= 11 is 1.55. The Labute approximate surface area is 148 Å². The molecular formula is C16H18N2O6S. The fraction of sp³-hybridized carbons (Fsp3) is 0.375. The molecule has 0 radical (unpaired) electrons. The lowest BCUT2D eigenvalue weighted by atomic mass is 10.2. The SMILES string of the molecule is CCCSc1ccc([N+](=O)[O-])c(NC=C2C(=O)OC(C)(C)OC2=O)c1. The summed E-state index contributed by atoms with van der Waals surface area (Å²) in [7, 11) is 0. The van der Waals surface area contributed by atoms with E-state index in [2.05, 4.69) is 5.32 Å². The van der Waals surface area contributed by atoms with E-state index >= 15 is 0 Å². The van der Waals surface area contributed by atoms with Gasteiger partial charge >= 0.3 is 11.9 Å². The summed E-state index contributed by atoms with van der Waals surface area (Å²) in [5.41, 5.74) is -0.361. The van der Waals surface area contributed by atoms with Crippen LogP contribution >= 0.6 is 11.8 Å². The molecule has 1 aromatic rings. The van der Waals surface area contributed by atoms with Crippen molar-refractivity contribution >= 4 is 35.1 Å². The van der Waals surface area contributed by atoms with Gasteiger partial charge in [0.2, 0.25) is 0 Å². The topological polar surface area (TPSA) is 108 Å². The number of nitrogens with zero attached hydrogens (tertiary/aromatic N) is 1. The minimum absolute atomic E-state index is 0.170. The molecule has 9 heteroatoms. The first kappa shape index (κ1) is 18.8. The van der Waals surface area contributed by atoms with Crippen molar-refractivity contribution < 1.29 is 24.0 Å². The van der Waals surface area contributed by atoms with Crippen molar-refractivity contribution in [3.8, 4) is 0 Å². The number of nitro benzene ring substituents is 1. The zero-order valence-electron chi connectivity index (χ0n) is 14.0. The van der Waals surface area contributed by atoms with Crippen LogP contribution in [0.15, 0.2) is 34.9 Å². The van der Waals surface area contributed by atoms with Crippen LogP contribution in [0.1, 0.15) is 27.2 Å². The Morgan fingerprint density at radius 3 is 2.48 bits per heavy atom. The smallest absolute Gasteiger partial charge is 0.350 e. The highest BCUT2D eigenvalue weighted by Crippen LogP contribution is 2.31. The summed E-state index contributed by atoms with van der Waals surface area (Å²) in [6.45, 7) is 4.91. The number of cyclic esters (lactones) is 2. The summed E-state index contributed by atoms with van der Waals surface area (Å²) in [6.07, 6.45) is 2.03. The molecule has 1 heterocycles. The van der Waals surface area contributed by atoms with E-state index in [9.17, 15) is 19.7 Å². The van der Waals surface area contributed by atoms with Gasteiger partial charge in [-0.3, -0.25) is 10.1 Å². The Morgan fingerprint density at radius 1 is 1.28 bits per heavy atom. The number of nitrogens with one attached hydrogen (secondary N) is 1. The summed E-state index contributed by atoms with van der Waals surface area (Å²) in [6, 6.07) is 4.63. The molecule has 1 aliphatic heterocycles. The molecule has 25 heavy (non-hydrogen) atoms. The van der Waals surface area contributed by atoms with Gasteiger partial charge in [-0.2, -0.15) is 0 Å². The average Bonchev–Trinajstić information content (AvgIpc) is 2.50. The van der Waals surface area contributed by atoms with Crippen molar-refractivity contribution in [1.82, 2.24) is 0 Å². The van der Waals surface area contributed by atoms with Crippen LogP contribution in [0.3, 0.4) is 0 Å². The van der Waals surface area contributed by atoms with Gasteiger partial charge in [0, 0.05) is 31.0 Å². The molecule has 0 aromatic heterocycles. The predicted octanol–water partition coefficient (Wildman–Crippen LogP) is 3.23. The lowest BCUT2D eigenvalue weighted by molar-refractivity contribution is -0.384. The van der Waals surface area contributed by atoms with Crippen LogP contribution in [-0.4, -0.2) is 28.4 Å². The van der Waals surface area contributed by atoms with Gasteiger partial charge in [0.1, 0.15) is 5.69 Å². The Kier molecular flexibility index (Phi) is 5.68. The number of thioether (sulfide) groups is 1. The van der Waals surface area contributed by atoms with Crippen molar-refractivity contribution in [3.63, 3.8) is 0 Å². The van der Waals surface area contributed by atoms with Gasteiger partial charge < -0.3 is 14.8 Å². The zero-order valence-corrected chi connectivity index (χ0v) is 14.8. The van der Waals surface area contributed by atoms with E-state index in [1.165, 1.54) is 19.9 Å². The number of carbonyl (C=O) groups is 2. The molecule has 0 atom stereocenters. The molecule has 134 valence electrons. The number of benzene rings is 1. The Hall–Kier alpha value is -2.55. The van der Waals surface area contributed by atoms with Gasteiger partial charge in [0.05, 0.1) is 4.92 Å². The third-order valence-corrected chi connectivity index (χ3v) is 4.33. The normalized spacial score (nSPS) is 16.0. The molecule has 0 amide bonds. The quantitative estimate of drug-likeness (QED) is 0.204. The number of hydrogen-bond donors (Lipinski definition) is 1. The van der Waals surface area contributed by atoms with Gasteiger partial charge in [0.25, 0.3) is 11.5 Å². The summed E-state index contributed by atoms with van der Waals surface area (Å²) in [4.78, 5) is 35.3. The highest BCUT2D eigenvalue weighted by molar-refractivity contribution is 7.99. The van der Waals surface area contributed by atoms with E-state index in [0.717, 1.165) is 23.3 Å². The van der Waals surface area contributed by atoms with Gasteiger partial charge in [-0.25, -0.2) is 9.59 Å². The van der Waals surface area contributed by atoms with E-state index in [1.807, 2.05) is 6.92 Å². The van der Waals surface area contributed by atoms with E-state index in [1.54, 1.807) is 23.9 Å². The van der Waals surface area contributed by atoms with E-state index in [-0.39, 0.29) is 16.9 Å². The second-order valence-electron chi connectivity index (χ2n) is 5.67. The van der Waals surface area contributed by atoms with Gasteiger partial charge in [-0.15, -0.1) is 11.8 Å². The number of carbonyl (C=O) groups excluding carboxylic acids is 2. The molecular weight excluding hydrogens is 348 g/mol. The lowest BCUT2D eigenvalue weighted by Gasteiger charge is -2.29. The van der Waals surface area contributed by atoms with Crippen molar-refractivity contribution in [3.05, 3.63) is 40.1 Å². The number of ether oxygens (including phenoxy) is 2. The zero-order chi connectivity index (χ0) is 18.6. The van der Waals surface area contributed by atoms with Crippen molar-refractivity contribution in [2.24, 2.45) is 0 Å². The number of rotatable bonds is 6. The number of anilines is 1. The van der Waals surface area contributed by atoms with Crippen molar-refractivity contribution in [1.29, 1.82) is 0 Å². The average molecular weight is 366 g/mol. The number of hydrogen-bond acceptors (Lipinski definition) is 8. The fourth-order valence-electron chi connectivity index (χ4n) is 2.03. The Bertz CT molecular complexity index is 722. The van der Waals surface area contributed by atoms with Gasteiger partial charge in [-0.05, 0) is 24.3 Å². The minimum Gasteiger partial charge on any atom is -0.419 e. The van der Waals surface area contributed by atoms with Gasteiger partial charge in [0.15, 0.2) is 5.57 Å². The largest absolute Gasteiger partial charge is 0.419 e. The third-order valence-electron chi connectivity index (χ3n) is 3.13. The molecule has 1 N–H and O–H groups in total. The summed E-state index contributed by atoms with van der Waals surface area (Å²) in [5.74, 6) is -2.18. The molecule has 1 aliphatic rings. The van der Waals surface area contributed by atoms with Crippen LogP contribution in [0.2, 0.25) is 0 Å². The molecule has 1 saturated heterocycles. The molecule has 0 bridgehead atoms. The molecule has 8 nitrogen and oxygen atoms in total. The lowest BCUT2D eigenvalue weighted by Crippen LogP contribution is -2.42. The maximum Gasteiger partial charge on any atom is 0.350 e. The van der Waals surface area contributed by atoms with Crippen LogP contribution in [-0.2, 0) is 19.1 Å². The van der Waals surface area contributed by atoms with E-state index < -0.39 is 22.6 Å². The second kappa shape index (κ2) is 7.56. The van der Waals surface area contributed by atoms with Crippen LogP contribution in [0.4, 0.5) is 11.4 Å². The highest BCUT2D eigenvalue weighted by atomic mass is 32.2. The maximum absolute atomic E-state index is 11.9. The standard InChI is InChI=1S/C16H18N2O6S/c1-4-7-25-10-5-6-13(18(21)22)12(8-10)17-9-11-14(19)23-16(2,3)24-15(11)20/h5-6,8-9,17H,4,7H2,1-3H3. The van der Waals surface area contributed by atoms with E-state index in [4.69, 9.17) is 9.47 Å². The first-order valence-electron chi connectivity index (χ1n) is 7.58. The van der Waals surface area contributed by atoms with Crippen LogP contribution in [0, 0.1) is 10.1 Å². The molecule has 1 fully saturated rings. The molecule has 0 unspecified atom stereocenters. The summed E-state index contributed by atoms with van der Waals surface area (Å²) in [5, 5.41) is 13.8. The Morgan fingerprint density at radius 2 is 1.92 bits per heavy atom. The van der Waals surface area contributed by atoms with Crippen LogP contribution in [0.25, 0.3) is 0 Å². The number of nitro groups is 1. The summed E-state index contributed by atoms with van der Waals surface area (Å²) < 4.78 is 9.94. The molecule has 0 saturated carbocycles. The van der Waals surface area contributed by atoms with E-state index in [0.29, 0.717) is 0 Å². The van der Waals surface area contributed by atoms with Gasteiger partial charge in [-0.1, -0.05) is 6.92 Å². The van der Waals surface area contributed by atoms with Crippen LogP contribution in [0.5, 0.6) is 0 Å². The molecule has 0 spiro atoms. The second-order valence-corrected chi connectivity index (χ2v) is 6.83. The third kappa shape index (κ3) is 4.72. The van der Waals surface area contributed by atoms with Crippen LogP contribution < -0.4 is 5.32 Å². The maximum atomic E-state index is 11.9. The first-order chi connectivity index (χ1) is 11.7.